The number of halogens is 1. The Morgan fingerprint density at radius 3 is 1.93 bits per heavy atom. The van der Waals surface area contributed by atoms with Gasteiger partial charge in [-0.3, -0.25) is 13.9 Å². The summed E-state index contributed by atoms with van der Waals surface area (Å²) in [6.07, 6.45) is 0.223. The number of hydrogen-bond donors (Lipinski definition) is 1. The van der Waals surface area contributed by atoms with Crippen LogP contribution >= 0.6 is 0 Å². The monoisotopic (exact) mass is 573 g/mol. The predicted octanol–water partition coefficient (Wildman–Crippen LogP) is 4.72. The fourth-order valence-electron chi connectivity index (χ4n) is 4.47. The molecule has 1 atom stereocenters. The maximum Gasteiger partial charge on any atom is 0.264 e. The number of nitrogens with one attached hydrogen (secondary N) is 1. The van der Waals surface area contributed by atoms with Crippen molar-refractivity contribution in [1.29, 1.82) is 0 Å². The van der Waals surface area contributed by atoms with Crippen molar-refractivity contribution in [3.8, 4) is 0 Å². The van der Waals surface area contributed by atoms with Gasteiger partial charge in [-0.05, 0) is 54.4 Å². The molecule has 0 aliphatic rings. The number of nitrogens with zero attached hydrogens (tertiary/aromatic N) is 2. The first-order valence-electron chi connectivity index (χ1n) is 13.1. The quantitative estimate of drug-likeness (QED) is 0.282. The number of carbonyl (C=O) groups is 2. The Bertz CT molecular complexity index is 1560. The Hall–Kier alpha value is -4.50. The van der Waals surface area contributed by atoms with Gasteiger partial charge in [-0.1, -0.05) is 78.4 Å². The average Bonchev–Trinajstić information content (AvgIpc) is 2.99. The first kappa shape index (κ1) is 29.5. The Kier molecular flexibility index (Phi) is 9.52. The van der Waals surface area contributed by atoms with E-state index in [0.29, 0.717) is 0 Å². The minimum atomic E-state index is -4.23. The van der Waals surface area contributed by atoms with Gasteiger partial charge in [0.15, 0.2) is 0 Å². The third kappa shape index (κ3) is 7.37. The largest absolute Gasteiger partial charge is 0.357 e. The van der Waals surface area contributed by atoms with Gasteiger partial charge in [0, 0.05) is 20.0 Å². The summed E-state index contributed by atoms with van der Waals surface area (Å²) in [6.45, 7) is 1.31. The lowest BCUT2D eigenvalue weighted by molar-refractivity contribution is -0.139. The summed E-state index contributed by atoms with van der Waals surface area (Å²) in [5.41, 5.74) is 2.61. The summed E-state index contributed by atoms with van der Waals surface area (Å²) in [4.78, 5) is 28.8. The standard InChI is InChI=1S/C32H32FN3O4S/c1-24-13-19-29(20-14-24)41(39,40)36(28-17-15-27(33)16-18-28)23-31(37)35(22-26-11-7-4-8-12-26)30(32(38)34-2)21-25-9-5-3-6-10-25/h3-20,30H,21-23H2,1-2H3,(H,34,38)/t30-/m1/s1. The summed E-state index contributed by atoms with van der Waals surface area (Å²) >= 11 is 0. The molecular formula is C32H32FN3O4S. The molecule has 4 rings (SSSR count). The Balaban J connectivity index is 1.77. The molecule has 0 aromatic heterocycles. The van der Waals surface area contributed by atoms with Gasteiger partial charge in [-0.25, -0.2) is 12.8 Å². The van der Waals surface area contributed by atoms with E-state index in [0.717, 1.165) is 33.1 Å². The van der Waals surface area contributed by atoms with Crippen molar-refractivity contribution >= 4 is 27.5 Å². The van der Waals surface area contributed by atoms with E-state index >= 15 is 0 Å². The molecule has 0 bridgehead atoms. The number of hydrogen-bond acceptors (Lipinski definition) is 4. The first-order valence-corrected chi connectivity index (χ1v) is 14.6. The molecule has 212 valence electrons. The SMILES string of the molecule is CNC(=O)[C@@H](Cc1ccccc1)N(Cc1ccccc1)C(=O)CN(c1ccc(F)cc1)S(=O)(=O)c1ccc(C)cc1. The maximum atomic E-state index is 14.1. The Morgan fingerprint density at radius 1 is 0.805 bits per heavy atom. The fraction of sp³-hybridized carbons (Fsp3) is 0.188. The first-order chi connectivity index (χ1) is 19.7. The number of sulfonamides is 1. The molecule has 4 aromatic carbocycles. The van der Waals surface area contributed by atoms with Crippen molar-refractivity contribution in [3.63, 3.8) is 0 Å². The second kappa shape index (κ2) is 13.2. The summed E-state index contributed by atoms with van der Waals surface area (Å²) in [5, 5.41) is 2.65. The number of amides is 2. The number of aryl methyl sites for hydroxylation is 1. The average molecular weight is 574 g/mol. The Morgan fingerprint density at radius 2 is 1.37 bits per heavy atom. The van der Waals surface area contributed by atoms with Crippen LogP contribution in [0.25, 0.3) is 0 Å². The van der Waals surface area contributed by atoms with E-state index in [1.165, 1.54) is 36.2 Å². The van der Waals surface area contributed by atoms with Gasteiger partial charge in [-0.2, -0.15) is 0 Å². The smallest absolute Gasteiger partial charge is 0.264 e. The van der Waals surface area contributed by atoms with Gasteiger partial charge in [0.1, 0.15) is 18.4 Å². The van der Waals surface area contributed by atoms with E-state index in [4.69, 9.17) is 0 Å². The third-order valence-corrected chi connectivity index (χ3v) is 8.50. The highest BCUT2D eigenvalue weighted by Crippen LogP contribution is 2.25. The van der Waals surface area contributed by atoms with E-state index in [1.807, 2.05) is 67.6 Å². The van der Waals surface area contributed by atoms with Crippen LogP contribution in [0.4, 0.5) is 10.1 Å². The predicted molar refractivity (Wildman–Crippen MR) is 157 cm³/mol. The molecule has 41 heavy (non-hydrogen) atoms. The van der Waals surface area contributed by atoms with Crippen LogP contribution in [-0.4, -0.2) is 44.8 Å². The number of rotatable bonds is 11. The van der Waals surface area contributed by atoms with E-state index in [9.17, 15) is 22.4 Å². The van der Waals surface area contributed by atoms with Crippen LogP contribution in [0, 0.1) is 12.7 Å². The van der Waals surface area contributed by atoms with Crippen molar-refractivity contribution < 1.29 is 22.4 Å². The van der Waals surface area contributed by atoms with Gasteiger partial charge in [-0.15, -0.1) is 0 Å². The molecule has 0 saturated carbocycles. The highest BCUT2D eigenvalue weighted by Gasteiger charge is 2.34. The Labute approximate surface area is 240 Å². The number of benzene rings is 4. The molecule has 0 aliphatic carbocycles. The zero-order valence-electron chi connectivity index (χ0n) is 22.9. The minimum Gasteiger partial charge on any atom is -0.357 e. The topological polar surface area (TPSA) is 86.8 Å². The molecular weight excluding hydrogens is 541 g/mol. The summed E-state index contributed by atoms with van der Waals surface area (Å²) in [6, 6.07) is 28.7. The molecule has 1 N–H and O–H groups in total. The van der Waals surface area contributed by atoms with Crippen molar-refractivity contribution in [3.05, 3.63) is 132 Å². The summed E-state index contributed by atoms with van der Waals surface area (Å²) < 4.78 is 42.5. The van der Waals surface area contributed by atoms with Gasteiger partial charge in [0.05, 0.1) is 10.6 Å². The van der Waals surface area contributed by atoms with E-state index < -0.39 is 34.3 Å². The maximum absolute atomic E-state index is 14.1. The molecule has 4 aromatic rings. The zero-order chi connectivity index (χ0) is 29.4. The molecule has 0 fully saturated rings. The molecule has 0 aliphatic heterocycles. The van der Waals surface area contributed by atoms with Gasteiger partial charge < -0.3 is 10.2 Å². The van der Waals surface area contributed by atoms with Crippen molar-refractivity contribution in [2.75, 3.05) is 17.9 Å². The van der Waals surface area contributed by atoms with Crippen molar-refractivity contribution in [1.82, 2.24) is 10.2 Å². The number of likely N-dealkylation sites (N-methyl/N-ethyl adjacent to an activating group) is 1. The summed E-state index contributed by atoms with van der Waals surface area (Å²) in [7, 11) is -2.73. The van der Waals surface area contributed by atoms with Crippen LogP contribution in [0.1, 0.15) is 16.7 Å². The van der Waals surface area contributed by atoms with Crippen LogP contribution in [0.2, 0.25) is 0 Å². The lowest BCUT2D eigenvalue weighted by Gasteiger charge is -2.33. The molecule has 9 heteroatoms. The molecule has 0 heterocycles. The van der Waals surface area contributed by atoms with Crippen LogP contribution in [0.5, 0.6) is 0 Å². The van der Waals surface area contributed by atoms with E-state index in [1.54, 1.807) is 12.1 Å². The van der Waals surface area contributed by atoms with Crippen LogP contribution < -0.4 is 9.62 Å². The summed E-state index contributed by atoms with van der Waals surface area (Å²) in [5.74, 6) is -1.51. The molecule has 0 saturated heterocycles. The lowest BCUT2D eigenvalue weighted by Crippen LogP contribution is -2.53. The fourth-order valence-corrected chi connectivity index (χ4v) is 5.89. The molecule has 0 radical (unpaired) electrons. The molecule has 2 amide bonds. The highest BCUT2D eigenvalue weighted by atomic mass is 32.2. The van der Waals surface area contributed by atoms with E-state index in [2.05, 4.69) is 5.32 Å². The molecule has 0 unspecified atom stereocenters. The normalized spacial score (nSPS) is 11.9. The molecule has 0 spiro atoms. The lowest BCUT2D eigenvalue weighted by atomic mass is 10.0. The van der Waals surface area contributed by atoms with E-state index in [-0.39, 0.29) is 29.5 Å². The van der Waals surface area contributed by atoms with Gasteiger partial charge in [0.25, 0.3) is 10.0 Å². The van der Waals surface area contributed by atoms with Crippen LogP contribution in [0.15, 0.2) is 114 Å². The van der Waals surface area contributed by atoms with Gasteiger partial charge >= 0.3 is 0 Å². The molecule has 7 nitrogen and oxygen atoms in total. The van der Waals surface area contributed by atoms with Crippen molar-refractivity contribution in [2.45, 2.75) is 30.8 Å². The number of carbonyl (C=O) groups excluding carboxylic acids is 2. The zero-order valence-corrected chi connectivity index (χ0v) is 23.7. The highest BCUT2D eigenvalue weighted by molar-refractivity contribution is 7.92. The van der Waals surface area contributed by atoms with Crippen molar-refractivity contribution in [2.24, 2.45) is 0 Å². The minimum absolute atomic E-state index is 0.0121. The number of anilines is 1. The second-order valence-electron chi connectivity index (χ2n) is 9.63. The van der Waals surface area contributed by atoms with Crippen LogP contribution in [-0.2, 0) is 32.6 Å². The van der Waals surface area contributed by atoms with Crippen LogP contribution in [0.3, 0.4) is 0 Å². The second-order valence-corrected chi connectivity index (χ2v) is 11.5. The van der Waals surface area contributed by atoms with Gasteiger partial charge in [0.2, 0.25) is 11.8 Å². The third-order valence-electron chi connectivity index (χ3n) is 6.72.